The first-order valence-corrected chi connectivity index (χ1v) is 9.90. The maximum atomic E-state index is 12.6. The molecule has 0 fully saturated rings. The molecule has 3 rings (SSSR count). The van der Waals surface area contributed by atoms with Crippen LogP contribution in [0.25, 0.3) is 22.0 Å². The first-order chi connectivity index (χ1) is 14.0. The van der Waals surface area contributed by atoms with Gasteiger partial charge < -0.3 is 14.6 Å². The predicted molar refractivity (Wildman–Crippen MR) is 113 cm³/mol. The van der Waals surface area contributed by atoms with Crippen molar-refractivity contribution in [1.29, 1.82) is 0 Å². The van der Waals surface area contributed by atoms with Crippen molar-refractivity contribution in [1.82, 2.24) is 4.98 Å². The van der Waals surface area contributed by atoms with E-state index in [4.69, 9.17) is 9.47 Å². The average molecular weight is 458 g/mol. The molecule has 0 spiro atoms. The van der Waals surface area contributed by atoms with Crippen molar-refractivity contribution >= 4 is 38.6 Å². The second-order valence-corrected chi connectivity index (χ2v) is 7.07. The van der Waals surface area contributed by atoms with Crippen LogP contribution in [-0.2, 0) is 9.53 Å². The van der Waals surface area contributed by atoms with Crippen LogP contribution in [0.1, 0.15) is 30.3 Å². The number of Topliss-reactive ketones (excluding diaryl/α,β-unsaturated/α-hetero) is 1. The van der Waals surface area contributed by atoms with Crippen molar-refractivity contribution in [3.8, 4) is 22.6 Å². The molecule has 1 aromatic heterocycles. The molecule has 0 saturated carbocycles. The molecular weight excluding hydrogens is 438 g/mol. The van der Waals surface area contributed by atoms with Crippen molar-refractivity contribution in [2.24, 2.45) is 0 Å². The summed E-state index contributed by atoms with van der Waals surface area (Å²) in [5.74, 6) is -0.393. The molecule has 0 bridgehead atoms. The summed E-state index contributed by atoms with van der Waals surface area (Å²) in [7, 11) is 1.60. The van der Waals surface area contributed by atoms with Crippen molar-refractivity contribution in [3.05, 3.63) is 52.6 Å². The van der Waals surface area contributed by atoms with Gasteiger partial charge in [0.05, 0.1) is 30.1 Å². The zero-order valence-electron chi connectivity index (χ0n) is 16.1. The zero-order valence-corrected chi connectivity index (χ0v) is 17.7. The largest absolute Gasteiger partial charge is 0.504 e. The number of fused-ring (bicyclic) bond motifs is 1. The molecule has 29 heavy (non-hydrogen) atoms. The second-order valence-electron chi connectivity index (χ2n) is 6.28. The predicted octanol–water partition coefficient (Wildman–Crippen LogP) is 4.90. The normalized spacial score (nSPS) is 10.7. The van der Waals surface area contributed by atoms with Crippen LogP contribution in [0.15, 0.2) is 46.9 Å². The number of aromatic hydroxyl groups is 1. The van der Waals surface area contributed by atoms with Crippen molar-refractivity contribution < 1.29 is 24.2 Å². The molecule has 1 heterocycles. The summed E-state index contributed by atoms with van der Waals surface area (Å²) in [6, 6.07) is 13.1. The third-order valence-corrected chi connectivity index (χ3v) is 5.26. The quantitative estimate of drug-likeness (QED) is 0.400. The molecule has 0 aliphatic carbocycles. The number of methoxy groups -OCH3 is 1. The minimum atomic E-state index is -0.459. The van der Waals surface area contributed by atoms with Gasteiger partial charge in [-0.3, -0.25) is 9.59 Å². The fraction of sp³-hybridized carbons (Fsp3) is 0.227. The molecule has 1 N–H and O–H groups in total. The van der Waals surface area contributed by atoms with E-state index in [9.17, 15) is 14.7 Å². The van der Waals surface area contributed by atoms with E-state index >= 15 is 0 Å². The highest BCUT2D eigenvalue weighted by Crippen LogP contribution is 2.38. The summed E-state index contributed by atoms with van der Waals surface area (Å²) in [5, 5.41) is 11.2. The van der Waals surface area contributed by atoms with E-state index < -0.39 is 11.8 Å². The summed E-state index contributed by atoms with van der Waals surface area (Å²) >= 11 is 3.38. The number of aromatic nitrogens is 1. The van der Waals surface area contributed by atoms with Crippen LogP contribution in [0.4, 0.5) is 0 Å². The van der Waals surface area contributed by atoms with Crippen LogP contribution in [0.3, 0.4) is 0 Å². The number of esters is 1. The van der Waals surface area contributed by atoms with Crippen molar-refractivity contribution in [2.45, 2.75) is 19.8 Å². The van der Waals surface area contributed by atoms with Gasteiger partial charge in [0.2, 0.25) is 0 Å². The Kier molecular flexibility index (Phi) is 6.49. The zero-order chi connectivity index (χ0) is 21.0. The molecule has 150 valence electrons. The minimum Gasteiger partial charge on any atom is -0.504 e. The Balaban J connectivity index is 2.05. The topological polar surface area (TPSA) is 85.7 Å². The number of benzene rings is 2. The van der Waals surface area contributed by atoms with Crippen LogP contribution in [0, 0.1) is 0 Å². The Bertz CT molecular complexity index is 1060. The monoisotopic (exact) mass is 457 g/mol. The minimum absolute atomic E-state index is 0.0659. The van der Waals surface area contributed by atoms with E-state index in [2.05, 4.69) is 20.9 Å². The van der Waals surface area contributed by atoms with E-state index in [0.29, 0.717) is 15.4 Å². The number of rotatable bonds is 7. The number of ketones is 1. The number of halogens is 1. The van der Waals surface area contributed by atoms with Gasteiger partial charge in [-0.1, -0.05) is 30.3 Å². The number of para-hydroxylation sites is 1. The van der Waals surface area contributed by atoms with Gasteiger partial charge in [0.1, 0.15) is 11.4 Å². The van der Waals surface area contributed by atoms with Crippen molar-refractivity contribution in [2.75, 3.05) is 13.7 Å². The SMILES string of the molecule is CCOC(=O)CCC(=O)c1nc2c(-c3ccc(OC)cc3)cccc2c(Br)c1O. The number of pyridine rings is 1. The van der Waals surface area contributed by atoms with E-state index in [0.717, 1.165) is 16.9 Å². The average Bonchev–Trinajstić information content (AvgIpc) is 2.74. The molecule has 7 heteroatoms. The number of hydrogen-bond acceptors (Lipinski definition) is 6. The summed E-state index contributed by atoms with van der Waals surface area (Å²) in [4.78, 5) is 28.7. The maximum absolute atomic E-state index is 12.6. The smallest absolute Gasteiger partial charge is 0.306 e. The van der Waals surface area contributed by atoms with Gasteiger partial charge in [-0.2, -0.15) is 0 Å². The Morgan fingerprint density at radius 3 is 2.48 bits per heavy atom. The lowest BCUT2D eigenvalue weighted by molar-refractivity contribution is -0.143. The molecule has 0 radical (unpaired) electrons. The Morgan fingerprint density at radius 1 is 1.10 bits per heavy atom. The van der Waals surface area contributed by atoms with Gasteiger partial charge in [-0.25, -0.2) is 4.98 Å². The van der Waals surface area contributed by atoms with Crippen LogP contribution < -0.4 is 4.74 Å². The van der Waals surface area contributed by atoms with Crippen LogP contribution >= 0.6 is 15.9 Å². The molecule has 0 aliphatic heterocycles. The molecule has 0 atom stereocenters. The third kappa shape index (κ3) is 4.40. The molecule has 2 aromatic carbocycles. The maximum Gasteiger partial charge on any atom is 0.306 e. The van der Waals surface area contributed by atoms with Gasteiger partial charge in [0.15, 0.2) is 11.5 Å². The van der Waals surface area contributed by atoms with E-state index in [1.807, 2.05) is 42.5 Å². The summed E-state index contributed by atoms with van der Waals surface area (Å²) in [6.07, 6.45) is -0.161. The number of hydrogen-bond donors (Lipinski definition) is 1. The Labute approximate surface area is 176 Å². The molecule has 0 saturated heterocycles. The molecule has 0 aliphatic rings. The summed E-state index contributed by atoms with van der Waals surface area (Å²) in [6.45, 7) is 1.96. The highest BCUT2D eigenvalue weighted by atomic mass is 79.9. The third-order valence-electron chi connectivity index (χ3n) is 4.45. The summed E-state index contributed by atoms with van der Waals surface area (Å²) in [5.41, 5.74) is 2.20. The van der Waals surface area contributed by atoms with Crippen LogP contribution in [-0.4, -0.2) is 35.6 Å². The highest BCUT2D eigenvalue weighted by molar-refractivity contribution is 9.10. The number of ether oxygens (including phenoxy) is 2. The van der Waals surface area contributed by atoms with Crippen molar-refractivity contribution in [3.63, 3.8) is 0 Å². The summed E-state index contributed by atoms with van der Waals surface area (Å²) < 4.78 is 10.4. The van der Waals surface area contributed by atoms with Gasteiger partial charge in [-0.05, 0) is 40.5 Å². The lowest BCUT2D eigenvalue weighted by Crippen LogP contribution is -2.09. The number of nitrogens with zero attached hydrogens (tertiary/aromatic N) is 1. The molecule has 3 aromatic rings. The van der Waals surface area contributed by atoms with E-state index in [1.165, 1.54) is 0 Å². The van der Waals surface area contributed by atoms with Gasteiger partial charge in [-0.15, -0.1) is 0 Å². The lowest BCUT2D eigenvalue weighted by Gasteiger charge is -2.12. The number of carbonyl (C=O) groups is 2. The first-order valence-electron chi connectivity index (χ1n) is 9.10. The Morgan fingerprint density at radius 2 is 1.83 bits per heavy atom. The van der Waals surface area contributed by atoms with Gasteiger partial charge >= 0.3 is 5.97 Å². The molecule has 0 unspecified atom stereocenters. The lowest BCUT2D eigenvalue weighted by atomic mass is 10.0. The molecule has 6 nitrogen and oxygen atoms in total. The fourth-order valence-electron chi connectivity index (χ4n) is 3.00. The fourth-order valence-corrected chi connectivity index (χ4v) is 3.51. The molecule has 0 amide bonds. The van der Waals surface area contributed by atoms with E-state index in [1.54, 1.807) is 14.0 Å². The highest BCUT2D eigenvalue weighted by Gasteiger charge is 2.21. The van der Waals surface area contributed by atoms with Crippen LogP contribution in [0.2, 0.25) is 0 Å². The van der Waals surface area contributed by atoms with Gasteiger partial charge in [0.25, 0.3) is 0 Å². The number of carbonyl (C=O) groups excluding carboxylic acids is 2. The Hall–Kier alpha value is -2.93. The second kappa shape index (κ2) is 9.05. The standard InChI is InChI=1S/C22H20BrNO5/c1-3-29-18(26)12-11-17(25)21-22(27)19(23)16-6-4-5-15(20(16)24-21)13-7-9-14(28-2)10-8-13/h4-10,27H,3,11-12H2,1-2H3. The van der Waals surface area contributed by atoms with Gasteiger partial charge in [0, 0.05) is 17.4 Å². The first kappa shape index (κ1) is 20.8. The van der Waals surface area contributed by atoms with Crippen LogP contribution in [0.5, 0.6) is 11.5 Å². The van der Waals surface area contributed by atoms with E-state index in [-0.39, 0.29) is 30.9 Å². The molecular formula is C22H20BrNO5.